The number of carbonyl (C=O) groups excluding carboxylic acids is 2. The normalized spacial score (nSPS) is 11.9. The molecule has 0 spiro atoms. The van der Waals surface area contributed by atoms with Gasteiger partial charge in [0.05, 0.1) is 17.5 Å². The number of rotatable bonds is 8. The lowest BCUT2D eigenvalue weighted by Crippen LogP contribution is -2.28. The highest BCUT2D eigenvalue weighted by molar-refractivity contribution is 7.99. The highest BCUT2D eigenvalue weighted by Crippen LogP contribution is 2.23. The third-order valence-electron chi connectivity index (χ3n) is 4.51. The van der Waals surface area contributed by atoms with Gasteiger partial charge in [-0.2, -0.15) is 0 Å². The van der Waals surface area contributed by atoms with Crippen molar-refractivity contribution in [3.05, 3.63) is 51.2 Å². The first-order valence-electron chi connectivity index (χ1n) is 9.64. The summed E-state index contributed by atoms with van der Waals surface area (Å²) in [4.78, 5) is 30.2. The summed E-state index contributed by atoms with van der Waals surface area (Å²) in [6.45, 7) is 8.30. The van der Waals surface area contributed by atoms with E-state index in [0.717, 1.165) is 10.6 Å². The summed E-state index contributed by atoms with van der Waals surface area (Å²) < 4.78 is 1.89. The summed E-state index contributed by atoms with van der Waals surface area (Å²) in [6.07, 6.45) is 0. The molecule has 0 saturated carbocycles. The number of aryl methyl sites for hydroxylation is 2. The largest absolute Gasteiger partial charge is 0.342 e. The van der Waals surface area contributed by atoms with E-state index in [1.165, 1.54) is 23.1 Å². The molecule has 3 rings (SSSR count). The van der Waals surface area contributed by atoms with Crippen molar-refractivity contribution >= 4 is 51.6 Å². The predicted octanol–water partition coefficient (Wildman–Crippen LogP) is 4.25. The molecule has 2 aromatic heterocycles. The van der Waals surface area contributed by atoms with E-state index in [4.69, 9.17) is 11.6 Å². The van der Waals surface area contributed by atoms with Crippen molar-refractivity contribution in [2.75, 3.05) is 11.1 Å². The number of thiazole rings is 1. The Morgan fingerprint density at radius 1 is 1.23 bits per heavy atom. The van der Waals surface area contributed by atoms with Gasteiger partial charge in [-0.15, -0.1) is 21.5 Å². The van der Waals surface area contributed by atoms with Gasteiger partial charge in [0.2, 0.25) is 5.91 Å². The molecule has 0 aliphatic heterocycles. The summed E-state index contributed by atoms with van der Waals surface area (Å²) in [5.74, 6) is 0.424. The fourth-order valence-corrected chi connectivity index (χ4v) is 4.55. The highest BCUT2D eigenvalue weighted by Gasteiger charge is 2.20. The van der Waals surface area contributed by atoms with Crippen molar-refractivity contribution < 1.29 is 9.59 Å². The van der Waals surface area contributed by atoms with Crippen LogP contribution in [-0.4, -0.2) is 37.3 Å². The van der Waals surface area contributed by atoms with Crippen LogP contribution in [0.1, 0.15) is 46.6 Å². The molecular weight excluding hydrogens is 456 g/mol. The van der Waals surface area contributed by atoms with Gasteiger partial charge in [-0.1, -0.05) is 23.4 Å². The number of hydrogen-bond donors (Lipinski definition) is 2. The second-order valence-electron chi connectivity index (χ2n) is 6.78. The van der Waals surface area contributed by atoms with Crippen LogP contribution in [0.2, 0.25) is 5.02 Å². The van der Waals surface area contributed by atoms with Gasteiger partial charge in [-0.05, 0) is 52.0 Å². The molecule has 0 aliphatic carbocycles. The second-order valence-corrected chi connectivity index (χ2v) is 9.37. The van der Waals surface area contributed by atoms with E-state index in [2.05, 4.69) is 25.8 Å². The molecule has 1 aromatic carbocycles. The van der Waals surface area contributed by atoms with Crippen molar-refractivity contribution in [2.24, 2.45) is 0 Å². The molecule has 0 aliphatic rings. The zero-order valence-electron chi connectivity index (χ0n) is 17.6. The van der Waals surface area contributed by atoms with Gasteiger partial charge in [-0.25, -0.2) is 4.98 Å². The topological polar surface area (TPSA) is 102 Å². The van der Waals surface area contributed by atoms with Gasteiger partial charge in [0.15, 0.2) is 16.1 Å². The summed E-state index contributed by atoms with van der Waals surface area (Å²) in [6, 6.07) is 6.31. The molecule has 0 bridgehead atoms. The third kappa shape index (κ3) is 5.84. The number of hydrogen-bond acceptors (Lipinski definition) is 7. The van der Waals surface area contributed by atoms with Gasteiger partial charge in [0, 0.05) is 22.0 Å². The van der Waals surface area contributed by atoms with Crippen LogP contribution in [0, 0.1) is 13.8 Å². The van der Waals surface area contributed by atoms with E-state index in [1.54, 1.807) is 24.3 Å². The number of carbonyl (C=O) groups is 2. The fourth-order valence-electron chi connectivity index (χ4n) is 2.78. The van der Waals surface area contributed by atoms with Crippen molar-refractivity contribution in [3.63, 3.8) is 0 Å². The van der Waals surface area contributed by atoms with Crippen molar-refractivity contribution in [1.29, 1.82) is 0 Å². The molecule has 164 valence electrons. The maximum atomic E-state index is 12.5. The van der Waals surface area contributed by atoms with Crippen molar-refractivity contribution in [1.82, 2.24) is 25.1 Å². The van der Waals surface area contributed by atoms with Crippen LogP contribution in [0.25, 0.3) is 0 Å². The Morgan fingerprint density at radius 2 is 1.94 bits per heavy atom. The average Bonchev–Trinajstić information content (AvgIpc) is 3.29. The first-order valence-corrected chi connectivity index (χ1v) is 11.8. The van der Waals surface area contributed by atoms with Crippen LogP contribution in [0.3, 0.4) is 0 Å². The van der Waals surface area contributed by atoms with Gasteiger partial charge < -0.3 is 15.2 Å². The number of nitrogens with one attached hydrogen (secondary N) is 2. The number of benzene rings is 1. The number of aromatic nitrogens is 4. The van der Waals surface area contributed by atoms with Crippen molar-refractivity contribution in [3.8, 4) is 0 Å². The van der Waals surface area contributed by atoms with Crippen LogP contribution in [0.5, 0.6) is 0 Å². The first kappa shape index (κ1) is 23.2. The zero-order chi connectivity index (χ0) is 22.5. The monoisotopic (exact) mass is 478 g/mol. The number of amides is 2. The standard InChI is InChI=1S/C20H23ClN6O2S2/c1-5-27-17(12(3)22-18(29)14-6-8-15(21)9-7-14)25-26-20(27)30-10-16(28)24-19-23-11(2)13(4)31-19/h6-9,12H,5,10H2,1-4H3,(H,22,29)(H,23,24,28). The molecule has 0 radical (unpaired) electrons. The minimum atomic E-state index is -0.361. The van der Waals surface area contributed by atoms with E-state index in [1.807, 2.05) is 32.3 Å². The summed E-state index contributed by atoms with van der Waals surface area (Å²) >= 11 is 8.62. The fraction of sp³-hybridized carbons (Fsp3) is 0.350. The first-order chi connectivity index (χ1) is 14.8. The molecule has 0 saturated heterocycles. The number of anilines is 1. The smallest absolute Gasteiger partial charge is 0.251 e. The van der Waals surface area contributed by atoms with Crippen LogP contribution >= 0.6 is 34.7 Å². The Labute approximate surface area is 193 Å². The molecular formula is C20H23ClN6O2S2. The van der Waals surface area contributed by atoms with Crippen molar-refractivity contribution in [2.45, 2.75) is 45.4 Å². The molecule has 2 heterocycles. The number of halogens is 1. The van der Waals surface area contributed by atoms with E-state index in [9.17, 15) is 9.59 Å². The van der Waals surface area contributed by atoms with E-state index in [0.29, 0.717) is 33.2 Å². The predicted molar refractivity (Wildman–Crippen MR) is 124 cm³/mol. The van der Waals surface area contributed by atoms with Gasteiger partial charge >= 0.3 is 0 Å². The van der Waals surface area contributed by atoms with Gasteiger partial charge in [-0.3, -0.25) is 9.59 Å². The number of thioether (sulfide) groups is 1. The highest BCUT2D eigenvalue weighted by atomic mass is 35.5. The number of nitrogens with zero attached hydrogens (tertiary/aromatic N) is 4. The molecule has 1 unspecified atom stereocenters. The Bertz CT molecular complexity index is 1060. The Hall–Kier alpha value is -2.43. The minimum Gasteiger partial charge on any atom is -0.342 e. The molecule has 2 amide bonds. The third-order valence-corrected chi connectivity index (χ3v) is 6.72. The van der Waals surface area contributed by atoms with Crippen LogP contribution in [0.15, 0.2) is 29.4 Å². The van der Waals surface area contributed by atoms with E-state index >= 15 is 0 Å². The molecule has 0 fully saturated rings. The Kier molecular flexibility index (Phi) is 7.69. The van der Waals surface area contributed by atoms with E-state index in [-0.39, 0.29) is 23.6 Å². The second kappa shape index (κ2) is 10.3. The maximum absolute atomic E-state index is 12.5. The van der Waals surface area contributed by atoms with Crippen LogP contribution in [0.4, 0.5) is 5.13 Å². The van der Waals surface area contributed by atoms with Crippen LogP contribution < -0.4 is 10.6 Å². The zero-order valence-corrected chi connectivity index (χ0v) is 20.0. The van der Waals surface area contributed by atoms with Crippen LogP contribution in [-0.2, 0) is 11.3 Å². The lowest BCUT2D eigenvalue weighted by atomic mass is 10.2. The minimum absolute atomic E-state index is 0.157. The molecule has 3 aromatic rings. The lowest BCUT2D eigenvalue weighted by molar-refractivity contribution is -0.113. The SMILES string of the molecule is CCn1c(SCC(=O)Nc2nc(C)c(C)s2)nnc1C(C)NC(=O)c1ccc(Cl)cc1. The maximum Gasteiger partial charge on any atom is 0.251 e. The van der Waals surface area contributed by atoms with E-state index < -0.39 is 0 Å². The molecule has 8 nitrogen and oxygen atoms in total. The van der Waals surface area contributed by atoms with Gasteiger partial charge in [0.25, 0.3) is 5.91 Å². The summed E-state index contributed by atoms with van der Waals surface area (Å²) in [7, 11) is 0. The molecule has 31 heavy (non-hydrogen) atoms. The molecule has 2 N–H and O–H groups in total. The average molecular weight is 479 g/mol. The van der Waals surface area contributed by atoms with Gasteiger partial charge in [0.1, 0.15) is 0 Å². The molecule has 11 heteroatoms. The summed E-state index contributed by atoms with van der Waals surface area (Å²) in [5.41, 5.74) is 1.43. The Balaban J connectivity index is 1.62. The Morgan fingerprint density at radius 3 is 2.55 bits per heavy atom. The quantitative estimate of drug-likeness (QED) is 0.469. The molecule has 1 atom stereocenters. The lowest BCUT2D eigenvalue weighted by Gasteiger charge is -2.15. The summed E-state index contributed by atoms with van der Waals surface area (Å²) in [5, 5.41) is 16.0.